The summed E-state index contributed by atoms with van der Waals surface area (Å²) >= 11 is 6.17. The number of carbonyl (C=O) groups excluding carboxylic acids is 2. The maximum absolute atomic E-state index is 13.3. The molecule has 0 radical (unpaired) electrons. The maximum Gasteiger partial charge on any atom is 0.300 e. The van der Waals surface area contributed by atoms with Gasteiger partial charge in [0.1, 0.15) is 23.0 Å². The van der Waals surface area contributed by atoms with Crippen LogP contribution in [-0.4, -0.2) is 36.1 Å². The Balaban J connectivity index is 1.96. The fourth-order valence-corrected chi connectivity index (χ4v) is 4.33. The Bertz CT molecular complexity index is 1330. The number of aliphatic hydroxyl groups excluding tert-OH is 1. The second-order valence-electron chi connectivity index (χ2n) is 7.97. The van der Waals surface area contributed by atoms with Gasteiger partial charge in [0, 0.05) is 11.8 Å². The molecule has 1 aliphatic heterocycles. The molecule has 0 aromatic heterocycles. The Labute approximate surface area is 207 Å². The molecule has 35 heavy (non-hydrogen) atoms. The minimum atomic E-state index is -0.993. The van der Waals surface area contributed by atoms with Crippen molar-refractivity contribution in [2.75, 3.05) is 19.1 Å². The summed E-state index contributed by atoms with van der Waals surface area (Å²) in [5.74, 6) is -1.42. The zero-order valence-corrected chi connectivity index (χ0v) is 20.2. The van der Waals surface area contributed by atoms with Gasteiger partial charge in [-0.25, -0.2) is 0 Å². The zero-order valence-electron chi connectivity index (χ0n) is 19.4. The van der Waals surface area contributed by atoms with E-state index in [-0.39, 0.29) is 27.7 Å². The first kappa shape index (κ1) is 24.2. The van der Waals surface area contributed by atoms with Gasteiger partial charge in [-0.15, -0.1) is 0 Å². The molecule has 3 aromatic rings. The van der Waals surface area contributed by atoms with E-state index in [9.17, 15) is 19.8 Å². The molecule has 0 bridgehead atoms. The zero-order chi connectivity index (χ0) is 25.3. The highest BCUT2D eigenvalue weighted by Gasteiger charge is 2.47. The summed E-state index contributed by atoms with van der Waals surface area (Å²) in [6.45, 7) is 2.02. The van der Waals surface area contributed by atoms with E-state index in [4.69, 9.17) is 21.1 Å². The van der Waals surface area contributed by atoms with Gasteiger partial charge in [0.05, 0.1) is 36.4 Å². The molecule has 1 amide bonds. The van der Waals surface area contributed by atoms with Gasteiger partial charge in [-0.05, 0) is 53.9 Å². The topological polar surface area (TPSA) is 96.3 Å². The Morgan fingerprint density at radius 2 is 1.71 bits per heavy atom. The molecule has 0 spiro atoms. The number of phenols is 1. The number of amides is 1. The molecule has 1 heterocycles. The average molecular weight is 494 g/mol. The van der Waals surface area contributed by atoms with Gasteiger partial charge in [0.15, 0.2) is 0 Å². The lowest BCUT2D eigenvalue weighted by molar-refractivity contribution is -0.132. The highest BCUT2D eigenvalue weighted by Crippen LogP contribution is 2.44. The number of aliphatic hydroxyl groups is 1. The molecule has 1 atom stereocenters. The minimum absolute atomic E-state index is 0.0523. The summed E-state index contributed by atoms with van der Waals surface area (Å²) in [5.41, 5.74) is 2.10. The predicted octanol–water partition coefficient (Wildman–Crippen LogP) is 5.25. The Morgan fingerprint density at radius 1 is 1.00 bits per heavy atom. The number of anilines is 1. The molecule has 180 valence electrons. The summed E-state index contributed by atoms with van der Waals surface area (Å²) in [5, 5.41) is 21.3. The summed E-state index contributed by atoms with van der Waals surface area (Å²) in [4.78, 5) is 27.9. The number of hydrogen-bond acceptors (Lipinski definition) is 6. The van der Waals surface area contributed by atoms with Gasteiger partial charge >= 0.3 is 0 Å². The van der Waals surface area contributed by atoms with Crippen LogP contribution in [0.25, 0.3) is 5.76 Å². The van der Waals surface area contributed by atoms with Crippen LogP contribution >= 0.6 is 11.6 Å². The van der Waals surface area contributed by atoms with E-state index in [1.807, 2.05) is 19.1 Å². The first-order chi connectivity index (χ1) is 16.8. The molecule has 7 nitrogen and oxygen atoms in total. The Hall–Kier alpha value is -3.97. The molecular formula is C27H24ClNO6. The van der Waals surface area contributed by atoms with Crippen molar-refractivity contribution in [2.45, 2.75) is 19.4 Å². The average Bonchev–Trinajstić information content (AvgIpc) is 3.15. The number of aromatic hydroxyl groups is 1. The smallest absolute Gasteiger partial charge is 0.300 e. The number of hydrogen-bond donors (Lipinski definition) is 2. The standard InChI is InChI=1S/C27H24ClNO6/c1-4-15-5-8-17(9-6-15)29-24(16-7-12-21(30)20(28)13-16)23(26(32)27(29)33)25(31)19-11-10-18(34-2)14-22(19)35-3/h5-14,24,30-31H,4H2,1-3H3/b25-23-. The van der Waals surface area contributed by atoms with Crippen molar-refractivity contribution < 1.29 is 29.3 Å². The van der Waals surface area contributed by atoms with Gasteiger partial charge in [0.2, 0.25) is 0 Å². The summed E-state index contributed by atoms with van der Waals surface area (Å²) < 4.78 is 10.6. The predicted molar refractivity (Wildman–Crippen MR) is 133 cm³/mol. The molecule has 8 heteroatoms. The number of carbonyl (C=O) groups is 2. The van der Waals surface area contributed by atoms with Gasteiger partial charge in [-0.2, -0.15) is 0 Å². The molecule has 1 fully saturated rings. The van der Waals surface area contributed by atoms with Gasteiger partial charge in [0.25, 0.3) is 11.7 Å². The van der Waals surface area contributed by atoms with Crippen LogP contribution in [0.3, 0.4) is 0 Å². The van der Waals surface area contributed by atoms with Crippen LogP contribution < -0.4 is 14.4 Å². The number of rotatable bonds is 6. The largest absolute Gasteiger partial charge is 0.507 e. The van der Waals surface area contributed by atoms with Crippen molar-refractivity contribution in [3.8, 4) is 17.2 Å². The quantitative estimate of drug-likeness (QED) is 0.276. The fraction of sp³-hybridized carbons (Fsp3) is 0.185. The molecular weight excluding hydrogens is 470 g/mol. The second kappa shape index (κ2) is 9.72. The van der Waals surface area contributed by atoms with Crippen molar-refractivity contribution in [2.24, 2.45) is 0 Å². The lowest BCUT2D eigenvalue weighted by Crippen LogP contribution is -2.29. The van der Waals surface area contributed by atoms with Crippen molar-refractivity contribution in [1.82, 2.24) is 0 Å². The summed E-state index contributed by atoms with van der Waals surface area (Å²) in [6.07, 6.45) is 0.813. The van der Waals surface area contributed by atoms with Crippen LogP contribution in [0.1, 0.15) is 29.7 Å². The summed E-state index contributed by atoms with van der Waals surface area (Å²) in [6, 6.07) is 15.4. The van der Waals surface area contributed by atoms with Gasteiger partial charge in [-0.3, -0.25) is 14.5 Å². The van der Waals surface area contributed by atoms with Crippen LogP contribution in [0.15, 0.2) is 66.2 Å². The fourth-order valence-electron chi connectivity index (χ4n) is 4.14. The van der Waals surface area contributed by atoms with E-state index >= 15 is 0 Å². The Kier molecular flexibility index (Phi) is 6.71. The normalized spacial score (nSPS) is 17.0. The van der Waals surface area contributed by atoms with Crippen molar-refractivity contribution in [3.63, 3.8) is 0 Å². The molecule has 1 unspecified atom stereocenters. The van der Waals surface area contributed by atoms with Gasteiger partial charge < -0.3 is 19.7 Å². The van der Waals surface area contributed by atoms with Crippen molar-refractivity contribution in [1.29, 1.82) is 0 Å². The van der Waals surface area contributed by atoms with Crippen molar-refractivity contribution >= 4 is 34.7 Å². The third-order valence-electron chi connectivity index (χ3n) is 6.02. The molecule has 0 aliphatic carbocycles. The minimum Gasteiger partial charge on any atom is -0.507 e. The molecule has 1 aliphatic rings. The van der Waals surface area contributed by atoms with E-state index in [1.54, 1.807) is 36.4 Å². The van der Waals surface area contributed by atoms with Crippen LogP contribution in [0.4, 0.5) is 5.69 Å². The number of nitrogens with zero attached hydrogens (tertiary/aromatic N) is 1. The number of aryl methyl sites for hydroxylation is 1. The van der Waals surface area contributed by atoms with E-state index in [1.165, 1.54) is 31.3 Å². The highest BCUT2D eigenvalue weighted by molar-refractivity contribution is 6.51. The molecule has 1 saturated heterocycles. The first-order valence-corrected chi connectivity index (χ1v) is 11.3. The number of Topliss-reactive ketones (excluding diaryl/α,β-unsaturated/α-hetero) is 1. The van der Waals surface area contributed by atoms with Crippen LogP contribution in [-0.2, 0) is 16.0 Å². The van der Waals surface area contributed by atoms with Crippen LogP contribution in [0.2, 0.25) is 5.02 Å². The number of benzene rings is 3. The monoisotopic (exact) mass is 493 g/mol. The molecule has 4 rings (SSSR count). The highest BCUT2D eigenvalue weighted by atomic mass is 35.5. The van der Waals surface area contributed by atoms with Gasteiger partial charge in [-0.1, -0.05) is 36.7 Å². The second-order valence-corrected chi connectivity index (χ2v) is 8.37. The number of halogens is 1. The van der Waals surface area contributed by atoms with E-state index in [2.05, 4.69) is 0 Å². The third kappa shape index (κ3) is 4.31. The maximum atomic E-state index is 13.3. The molecule has 3 aromatic carbocycles. The third-order valence-corrected chi connectivity index (χ3v) is 6.32. The summed E-state index contributed by atoms with van der Waals surface area (Å²) in [7, 11) is 2.93. The van der Waals surface area contributed by atoms with E-state index in [0.29, 0.717) is 17.0 Å². The van der Waals surface area contributed by atoms with Crippen LogP contribution in [0.5, 0.6) is 17.2 Å². The number of ether oxygens (including phenoxy) is 2. The SMILES string of the molecule is CCc1ccc(N2C(=O)C(=O)/C(=C(\O)c3ccc(OC)cc3OC)C2c2ccc(O)c(Cl)c2)cc1. The lowest BCUT2D eigenvalue weighted by atomic mass is 9.94. The first-order valence-electron chi connectivity index (χ1n) is 10.9. The lowest BCUT2D eigenvalue weighted by Gasteiger charge is -2.26. The molecule has 0 saturated carbocycles. The van der Waals surface area contributed by atoms with E-state index in [0.717, 1.165) is 12.0 Å². The van der Waals surface area contributed by atoms with Crippen molar-refractivity contribution in [3.05, 3.63) is 87.9 Å². The molecule has 2 N–H and O–H groups in total. The number of methoxy groups -OCH3 is 2. The van der Waals surface area contributed by atoms with E-state index < -0.39 is 23.5 Å². The number of ketones is 1. The van der Waals surface area contributed by atoms with Crippen LogP contribution in [0, 0.1) is 0 Å². The number of phenolic OH excluding ortho intramolecular Hbond substituents is 1. The Morgan fingerprint density at radius 3 is 2.31 bits per heavy atom.